The minimum absolute atomic E-state index is 0.0457. The summed E-state index contributed by atoms with van der Waals surface area (Å²) in [5.74, 6) is -1.88. The summed E-state index contributed by atoms with van der Waals surface area (Å²) in [7, 11) is 0. The molecular formula is C46H44F2N4O8. The first-order chi connectivity index (χ1) is 29.0. The van der Waals surface area contributed by atoms with Gasteiger partial charge in [0.25, 0.3) is 0 Å². The second-order valence-corrected chi connectivity index (χ2v) is 15.4. The molecule has 0 bridgehead atoms. The number of aromatic nitrogens is 2. The quantitative estimate of drug-likeness (QED) is 0.0981. The molecule has 0 aliphatic carbocycles. The number of fused-ring (bicyclic) bond motifs is 2. The van der Waals surface area contributed by atoms with Crippen LogP contribution in [0.2, 0.25) is 0 Å². The van der Waals surface area contributed by atoms with Crippen LogP contribution in [0.15, 0.2) is 97.1 Å². The number of hydrogen-bond acceptors (Lipinski definition) is 8. The van der Waals surface area contributed by atoms with Gasteiger partial charge in [0.15, 0.2) is 0 Å². The Balaban J connectivity index is 1.17. The van der Waals surface area contributed by atoms with Crippen LogP contribution in [0.25, 0.3) is 33.2 Å². The van der Waals surface area contributed by atoms with Gasteiger partial charge in [0, 0.05) is 60.6 Å². The fourth-order valence-electron chi connectivity index (χ4n) is 8.60. The maximum Gasteiger partial charge on any atom is 0.410 e. The number of benzene rings is 4. The molecule has 0 radical (unpaired) electrons. The van der Waals surface area contributed by atoms with Crippen molar-refractivity contribution in [2.75, 3.05) is 13.1 Å². The van der Waals surface area contributed by atoms with Crippen molar-refractivity contribution in [3.63, 3.8) is 0 Å². The highest BCUT2D eigenvalue weighted by Crippen LogP contribution is 2.40. The van der Waals surface area contributed by atoms with Crippen molar-refractivity contribution in [3.8, 4) is 11.4 Å². The van der Waals surface area contributed by atoms with Crippen LogP contribution in [0.4, 0.5) is 18.4 Å². The molecule has 12 nitrogen and oxygen atoms in total. The average Bonchev–Trinajstić information content (AvgIpc) is 3.99. The highest BCUT2D eigenvalue weighted by atomic mass is 19.1. The van der Waals surface area contributed by atoms with Crippen molar-refractivity contribution in [3.05, 3.63) is 131 Å². The van der Waals surface area contributed by atoms with Crippen LogP contribution in [-0.4, -0.2) is 81.3 Å². The SMILES string of the molecule is CC(=O)OC1CC(Cc2c(-c3[nH]c4cc(F)ccc4c3C[C@@H]3C[C@H](OC(C)=O)CN3C(=O)OCc3ccccc3)[nH]c3cc(F)ccc23)N(C(=O)OCc2ccccc2)C1. The maximum absolute atomic E-state index is 14.9. The molecule has 4 heterocycles. The lowest BCUT2D eigenvalue weighted by molar-refractivity contribution is -0.146. The molecule has 310 valence electrons. The zero-order valence-electron chi connectivity index (χ0n) is 33.1. The van der Waals surface area contributed by atoms with Crippen LogP contribution < -0.4 is 0 Å². The molecule has 4 aromatic carbocycles. The first kappa shape index (κ1) is 40.1. The number of rotatable bonds is 11. The van der Waals surface area contributed by atoms with Gasteiger partial charge >= 0.3 is 24.1 Å². The molecule has 4 atom stereocenters. The molecule has 2 aliphatic rings. The van der Waals surface area contributed by atoms with E-state index in [-0.39, 0.29) is 39.1 Å². The molecule has 2 unspecified atom stereocenters. The Labute approximate surface area is 344 Å². The number of nitrogens with one attached hydrogen (secondary N) is 2. The van der Waals surface area contributed by atoms with Crippen molar-refractivity contribution in [2.24, 2.45) is 0 Å². The number of likely N-dealkylation sites (tertiary alicyclic amines) is 2. The third-order valence-electron chi connectivity index (χ3n) is 11.2. The van der Waals surface area contributed by atoms with Crippen molar-refractivity contribution in [1.82, 2.24) is 19.8 Å². The molecule has 2 fully saturated rings. The molecule has 2 amide bonds. The predicted molar refractivity (Wildman–Crippen MR) is 217 cm³/mol. The van der Waals surface area contributed by atoms with Crippen LogP contribution >= 0.6 is 0 Å². The Morgan fingerprint density at radius 3 is 1.38 bits per heavy atom. The molecule has 14 heteroatoms. The highest BCUT2D eigenvalue weighted by Gasteiger charge is 2.41. The minimum Gasteiger partial charge on any atom is -0.461 e. The zero-order chi connectivity index (χ0) is 41.9. The number of carbonyl (C=O) groups excluding carboxylic acids is 4. The molecule has 2 N–H and O–H groups in total. The molecule has 6 aromatic rings. The van der Waals surface area contributed by atoms with Crippen molar-refractivity contribution in [2.45, 2.75) is 77.0 Å². The summed E-state index contributed by atoms with van der Waals surface area (Å²) in [5.41, 5.74) is 5.22. The van der Waals surface area contributed by atoms with E-state index in [1.807, 2.05) is 60.7 Å². The Bertz CT molecular complexity index is 2370. The van der Waals surface area contributed by atoms with Gasteiger partial charge in [-0.3, -0.25) is 9.59 Å². The summed E-state index contributed by atoms with van der Waals surface area (Å²) < 4.78 is 52.4. The molecule has 2 aromatic heterocycles. The predicted octanol–water partition coefficient (Wildman–Crippen LogP) is 8.37. The molecule has 2 saturated heterocycles. The standard InChI is InChI=1S/C46H44F2N4O8/c1-27(53)59-35-19-33(51(23-35)45(55)57-25-29-9-5-3-6-10-29)21-39-37-15-13-31(47)17-41(37)49-43(39)44-40(38-16-14-32(48)18-42(38)50-44)22-34-20-36(60-28(2)54)24-52(34)46(56)58-26-30-11-7-4-8-12-30/h3-18,33-36,49-50H,19-26H2,1-2H3/t33-,34?,35-,36?/m0/s1. The van der Waals surface area contributed by atoms with Gasteiger partial charge < -0.3 is 38.7 Å². The number of H-pyrrole nitrogens is 2. The van der Waals surface area contributed by atoms with Gasteiger partial charge in [0.1, 0.15) is 37.1 Å². The number of ether oxygens (including phenoxy) is 4. The number of esters is 2. The second-order valence-electron chi connectivity index (χ2n) is 15.4. The van der Waals surface area contributed by atoms with Gasteiger partial charge in [-0.25, -0.2) is 18.4 Å². The smallest absolute Gasteiger partial charge is 0.410 e. The summed E-state index contributed by atoms with van der Waals surface area (Å²) in [6.07, 6.45) is -1.19. The molecule has 0 spiro atoms. The van der Waals surface area contributed by atoms with Crippen molar-refractivity contribution in [1.29, 1.82) is 0 Å². The van der Waals surface area contributed by atoms with Gasteiger partial charge in [0.05, 0.1) is 24.5 Å². The lowest BCUT2D eigenvalue weighted by Gasteiger charge is -2.25. The summed E-state index contributed by atoms with van der Waals surface area (Å²) in [6.45, 7) is 2.96. The summed E-state index contributed by atoms with van der Waals surface area (Å²) >= 11 is 0. The Hall–Kier alpha value is -6.70. The van der Waals surface area contributed by atoms with E-state index in [1.165, 1.54) is 38.1 Å². The van der Waals surface area contributed by atoms with Crippen molar-refractivity contribution >= 4 is 45.9 Å². The highest BCUT2D eigenvalue weighted by molar-refractivity contribution is 5.96. The van der Waals surface area contributed by atoms with Gasteiger partial charge in [-0.15, -0.1) is 0 Å². The number of aromatic amines is 2. The van der Waals surface area contributed by atoms with E-state index >= 15 is 0 Å². The van der Waals surface area contributed by atoms with Gasteiger partial charge in [-0.2, -0.15) is 0 Å². The third-order valence-corrected chi connectivity index (χ3v) is 11.2. The lowest BCUT2D eigenvalue weighted by atomic mass is 9.95. The Morgan fingerprint density at radius 2 is 1.00 bits per heavy atom. The van der Waals surface area contributed by atoms with E-state index in [1.54, 1.807) is 21.9 Å². The number of nitrogens with zero attached hydrogens (tertiary/aromatic N) is 2. The maximum atomic E-state index is 14.9. The van der Waals surface area contributed by atoms with Crippen LogP contribution in [0, 0.1) is 11.6 Å². The number of amides is 2. The number of halogens is 2. The van der Waals surface area contributed by atoms with E-state index in [4.69, 9.17) is 18.9 Å². The summed E-state index contributed by atoms with van der Waals surface area (Å²) in [4.78, 5) is 61.7. The number of carbonyl (C=O) groups is 4. The number of hydrogen-bond donors (Lipinski definition) is 2. The first-order valence-corrected chi connectivity index (χ1v) is 19.9. The van der Waals surface area contributed by atoms with E-state index < -0.39 is 60.1 Å². The Morgan fingerprint density at radius 1 is 0.600 bits per heavy atom. The van der Waals surface area contributed by atoms with Gasteiger partial charge in [-0.05, 0) is 71.5 Å². The summed E-state index contributed by atoms with van der Waals surface area (Å²) in [5, 5.41) is 1.38. The van der Waals surface area contributed by atoms with Crippen LogP contribution in [0.1, 0.15) is 48.9 Å². The van der Waals surface area contributed by atoms with Crippen LogP contribution in [0.3, 0.4) is 0 Å². The monoisotopic (exact) mass is 818 g/mol. The van der Waals surface area contributed by atoms with E-state index in [0.29, 0.717) is 46.0 Å². The van der Waals surface area contributed by atoms with E-state index in [2.05, 4.69) is 9.97 Å². The third kappa shape index (κ3) is 8.82. The minimum atomic E-state index is -0.588. The van der Waals surface area contributed by atoms with Crippen LogP contribution in [-0.2, 0) is 54.6 Å². The molecule has 2 aliphatic heterocycles. The molecule has 8 rings (SSSR count). The fraction of sp³-hybridized carbons (Fsp3) is 0.304. The normalized spacial score (nSPS) is 18.9. The zero-order valence-corrected chi connectivity index (χ0v) is 33.1. The lowest BCUT2D eigenvalue weighted by Crippen LogP contribution is -2.38. The van der Waals surface area contributed by atoms with E-state index in [9.17, 15) is 28.0 Å². The van der Waals surface area contributed by atoms with Crippen molar-refractivity contribution < 1.29 is 46.9 Å². The van der Waals surface area contributed by atoms with Gasteiger partial charge in [0.2, 0.25) is 0 Å². The largest absolute Gasteiger partial charge is 0.461 e. The van der Waals surface area contributed by atoms with Crippen LogP contribution in [0.5, 0.6) is 0 Å². The molecular weight excluding hydrogens is 775 g/mol. The topological polar surface area (TPSA) is 143 Å². The molecule has 0 saturated carbocycles. The average molecular weight is 819 g/mol. The fourth-order valence-corrected chi connectivity index (χ4v) is 8.60. The first-order valence-electron chi connectivity index (χ1n) is 19.9. The van der Waals surface area contributed by atoms with E-state index in [0.717, 1.165) is 22.3 Å². The Kier molecular flexibility index (Phi) is 11.5. The van der Waals surface area contributed by atoms with Gasteiger partial charge in [-0.1, -0.05) is 60.7 Å². The summed E-state index contributed by atoms with van der Waals surface area (Å²) in [6, 6.07) is 26.4. The molecule has 60 heavy (non-hydrogen) atoms. The second kappa shape index (κ2) is 17.3.